The second kappa shape index (κ2) is 5.81. The maximum atomic E-state index is 11.9. The molecule has 1 fully saturated rings. The second-order valence-electron chi connectivity index (χ2n) is 4.81. The maximum absolute atomic E-state index is 11.9. The molecule has 18 heavy (non-hydrogen) atoms. The van der Waals surface area contributed by atoms with Crippen LogP contribution in [0.2, 0.25) is 0 Å². The van der Waals surface area contributed by atoms with Crippen molar-refractivity contribution in [1.82, 2.24) is 14.9 Å². The molecule has 0 spiro atoms. The van der Waals surface area contributed by atoms with Gasteiger partial charge in [0.25, 0.3) is 10.0 Å². The molecule has 4 N–H and O–H groups in total. The van der Waals surface area contributed by atoms with E-state index >= 15 is 0 Å². The zero-order valence-electron chi connectivity index (χ0n) is 10.3. The summed E-state index contributed by atoms with van der Waals surface area (Å²) < 4.78 is 26.5. The lowest BCUT2D eigenvalue weighted by Gasteiger charge is -2.30. The van der Waals surface area contributed by atoms with Gasteiger partial charge in [-0.25, -0.2) is 13.1 Å². The van der Waals surface area contributed by atoms with Gasteiger partial charge in [0.15, 0.2) is 5.03 Å². The molecule has 0 aromatic carbocycles. The van der Waals surface area contributed by atoms with Gasteiger partial charge in [-0.2, -0.15) is 5.10 Å². The summed E-state index contributed by atoms with van der Waals surface area (Å²) in [6, 6.07) is 1.45. The maximum Gasteiger partial charge on any atom is 0.257 e. The molecule has 2 unspecified atom stereocenters. The van der Waals surface area contributed by atoms with Crippen LogP contribution < -0.4 is 10.5 Å². The van der Waals surface area contributed by atoms with Crippen molar-refractivity contribution in [3.8, 4) is 0 Å². The molecule has 1 saturated carbocycles. The van der Waals surface area contributed by atoms with E-state index in [1.54, 1.807) is 0 Å². The second-order valence-corrected chi connectivity index (χ2v) is 6.55. The minimum Gasteiger partial charge on any atom is -0.330 e. The molecular weight excluding hydrogens is 252 g/mol. The highest BCUT2D eigenvalue weighted by atomic mass is 32.2. The van der Waals surface area contributed by atoms with Crippen LogP contribution in [0.1, 0.15) is 25.7 Å². The van der Waals surface area contributed by atoms with Crippen molar-refractivity contribution in [1.29, 1.82) is 0 Å². The smallest absolute Gasteiger partial charge is 0.257 e. The molecule has 0 radical (unpaired) electrons. The van der Waals surface area contributed by atoms with Crippen LogP contribution in [-0.2, 0) is 10.0 Å². The summed E-state index contributed by atoms with van der Waals surface area (Å²) in [4.78, 5) is 0. The summed E-state index contributed by atoms with van der Waals surface area (Å²) in [6.07, 6.45) is 5.94. The lowest BCUT2D eigenvalue weighted by Crippen LogP contribution is -2.37. The van der Waals surface area contributed by atoms with Crippen LogP contribution in [0.25, 0.3) is 0 Å². The third kappa shape index (κ3) is 3.09. The first-order valence-electron chi connectivity index (χ1n) is 6.32. The van der Waals surface area contributed by atoms with Crippen LogP contribution in [-0.4, -0.2) is 31.7 Å². The van der Waals surface area contributed by atoms with Crippen molar-refractivity contribution >= 4 is 10.0 Å². The van der Waals surface area contributed by atoms with Gasteiger partial charge in [-0.1, -0.05) is 12.8 Å². The first-order chi connectivity index (χ1) is 8.63. The van der Waals surface area contributed by atoms with E-state index in [0.29, 0.717) is 24.9 Å². The molecule has 6 nitrogen and oxygen atoms in total. The van der Waals surface area contributed by atoms with Crippen molar-refractivity contribution in [3.63, 3.8) is 0 Å². The standard InChI is InChI=1S/C11H20N4O2S/c12-7-9-3-1-2-4-10(9)8-14-18(16,17)11-5-6-13-15-11/h5-6,9-10,14H,1-4,7-8,12H2,(H,13,15). The van der Waals surface area contributed by atoms with E-state index in [1.807, 2.05) is 0 Å². The number of aromatic amines is 1. The highest BCUT2D eigenvalue weighted by molar-refractivity contribution is 7.89. The van der Waals surface area contributed by atoms with Gasteiger partial charge < -0.3 is 5.73 Å². The summed E-state index contributed by atoms with van der Waals surface area (Å²) in [7, 11) is -3.46. The average molecular weight is 272 g/mol. The molecular formula is C11H20N4O2S. The number of rotatable bonds is 5. The largest absolute Gasteiger partial charge is 0.330 e. The number of hydrogen-bond acceptors (Lipinski definition) is 4. The number of nitrogens with one attached hydrogen (secondary N) is 2. The van der Waals surface area contributed by atoms with Gasteiger partial charge in [0.2, 0.25) is 0 Å². The van der Waals surface area contributed by atoms with Crippen molar-refractivity contribution in [2.45, 2.75) is 30.7 Å². The van der Waals surface area contributed by atoms with Gasteiger partial charge in [-0.15, -0.1) is 0 Å². The van der Waals surface area contributed by atoms with Crippen LogP contribution in [0.5, 0.6) is 0 Å². The minimum atomic E-state index is -3.46. The molecule has 102 valence electrons. The third-order valence-corrected chi connectivity index (χ3v) is 5.02. The Morgan fingerprint density at radius 2 is 2.11 bits per heavy atom. The van der Waals surface area contributed by atoms with E-state index in [1.165, 1.54) is 18.7 Å². The van der Waals surface area contributed by atoms with Crippen LogP contribution in [0.4, 0.5) is 0 Å². The number of aromatic nitrogens is 2. The molecule has 2 atom stereocenters. The average Bonchev–Trinajstić information content (AvgIpc) is 2.91. The van der Waals surface area contributed by atoms with Gasteiger partial charge in [0, 0.05) is 6.54 Å². The lowest BCUT2D eigenvalue weighted by atomic mass is 9.79. The zero-order valence-corrected chi connectivity index (χ0v) is 11.1. The molecule has 1 aromatic rings. The quantitative estimate of drug-likeness (QED) is 0.724. The minimum absolute atomic E-state index is 0.114. The monoisotopic (exact) mass is 272 g/mol. The molecule has 0 bridgehead atoms. The SMILES string of the molecule is NCC1CCCCC1CNS(=O)(=O)c1ccn[nH]1. The fourth-order valence-electron chi connectivity index (χ4n) is 2.55. The molecule has 1 aliphatic carbocycles. The summed E-state index contributed by atoms with van der Waals surface area (Å²) in [6.45, 7) is 1.10. The van der Waals surface area contributed by atoms with E-state index in [2.05, 4.69) is 14.9 Å². The van der Waals surface area contributed by atoms with Gasteiger partial charge in [-0.3, -0.25) is 5.10 Å². The van der Waals surface area contributed by atoms with Crippen molar-refractivity contribution in [2.24, 2.45) is 17.6 Å². The molecule has 2 rings (SSSR count). The predicted molar refractivity (Wildman–Crippen MR) is 68.3 cm³/mol. The van der Waals surface area contributed by atoms with E-state index in [9.17, 15) is 8.42 Å². The molecule has 1 aromatic heterocycles. The van der Waals surface area contributed by atoms with Gasteiger partial charge >= 0.3 is 0 Å². The normalized spacial score (nSPS) is 25.2. The zero-order chi connectivity index (χ0) is 13.0. The van der Waals surface area contributed by atoms with Crippen LogP contribution in [0.15, 0.2) is 17.3 Å². The first-order valence-corrected chi connectivity index (χ1v) is 7.81. The summed E-state index contributed by atoms with van der Waals surface area (Å²) in [5.74, 6) is 0.782. The number of sulfonamides is 1. The Kier molecular flexibility index (Phi) is 4.36. The van der Waals surface area contributed by atoms with Gasteiger partial charge in [0.1, 0.15) is 0 Å². The van der Waals surface area contributed by atoms with Crippen LogP contribution >= 0.6 is 0 Å². The Labute approximate surface area is 107 Å². The fraction of sp³-hybridized carbons (Fsp3) is 0.727. The van der Waals surface area contributed by atoms with E-state index in [0.717, 1.165) is 19.3 Å². The molecule has 7 heteroatoms. The molecule has 0 amide bonds. The summed E-state index contributed by atoms with van der Waals surface area (Å²) in [5.41, 5.74) is 5.73. The van der Waals surface area contributed by atoms with Gasteiger partial charge in [-0.05, 0) is 37.3 Å². The van der Waals surface area contributed by atoms with E-state index in [-0.39, 0.29) is 5.03 Å². The Hall–Kier alpha value is -0.920. The number of nitrogens with two attached hydrogens (primary N) is 1. The highest BCUT2D eigenvalue weighted by Crippen LogP contribution is 2.28. The van der Waals surface area contributed by atoms with Crippen molar-refractivity contribution < 1.29 is 8.42 Å². The summed E-state index contributed by atoms with van der Waals surface area (Å²) in [5, 5.41) is 6.23. The Morgan fingerprint density at radius 3 is 2.72 bits per heavy atom. The van der Waals surface area contributed by atoms with Crippen LogP contribution in [0, 0.1) is 11.8 Å². The van der Waals surface area contributed by atoms with Crippen molar-refractivity contribution in [2.75, 3.05) is 13.1 Å². The molecule has 0 saturated heterocycles. The van der Waals surface area contributed by atoms with E-state index < -0.39 is 10.0 Å². The van der Waals surface area contributed by atoms with Gasteiger partial charge in [0.05, 0.1) is 6.20 Å². The number of hydrogen-bond donors (Lipinski definition) is 3. The predicted octanol–water partition coefficient (Wildman–Crippen LogP) is 0.453. The molecule has 1 heterocycles. The first kappa shape index (κ1) is 13.5. The fourth-order valence-corrected chi connectivity index (χ4v) is 3.55. The topological polar surface area (TPSA) is 101 Å². The third-order valence-electron chi connectivity index (χ3n) is 3.67. The Morgan fingerprint density at radius 1 is 1.39 bits per heavy atom. The number of nitrogens with zero attached hydrogens (tertiary/aromatic N) is 1. The lowest BCUT2D eigenvalue weighted by molar-refractivity contribution is 0.244. The highest BCUT2D eigenvalue weighted by Gasteiger charge is 2.26. The molecule has 1 aliphatic rings. The number of H-pyrrole nitrogens is 1. The van der Waals surface area contributed by atoms with Crippen molar-refractivity contribution in [3.05, 3.63) is 12.3 Å². The van der Waals surface area contributed by atoms with Crippen LogP contribution in [0.3, 0.4) is 0 Å². The van der Waals surface area contributed by atoms with E-state index in [4.69, 9.17) is 5.73 Å². The Balaban J connectivity index is 1.94. The summed E-state index contributed by atoms with van der Waals surface area (Å²) >= 11 is 0. The molecule has 0 aliphatic heterocycles. The Bertz CT molecular complexity index is 457.